The van der Waals surface area contributed by atoms with Gasteiger partial charge in [0.25, 0.3) is 5.91 Å². The molecule has 2 heterocycles. The Hall–Kier alpha value is -3.50. The van der Waals surface area contributed by atoms with Gasteiger partial charge in [-0.1, -0.05) is 60.7 Å². The number of hydrogen-bond donors (Lipinski definition) is 0. The van der Waals surface area contributed by atoms with Crippen LogP contribution in [0.25, 0.3) is 11.1 Å². The van der Waals surface area contributed by atoms with Gasteiger partial charge in [0.15, 0.2) is 0 Å². The molecule has 1 aliphatic heterocycles. The third-order valence-electron chi connectivity index (χ3n) is 4.79. The molecular formula is C24H16N2OS. The second-order valence-corrected chi connectivity index (χ2v) is 7.29. The molecule has 3 aromatic carbocycles. The number of benzene rings is 3. The molecule has 0 radical (unpaired) electrons. The number of rotatable bonds is 3. The van der Waals surface area contributed by atoms with Crippen LogP contribution in [0.1, 0.15) is 5.56 Å². The summed E-state index contributed by atoms with van der Waals surface area (Å²) in [6, 6.07) is 28.0. The zero-order valence-corrected chi connectivity index (χ0v) is 15.8. The summed E-state index contributed by atoms with van der Waals surface area (Å²) in [6.45, 7) is 0. The number of hydrogen-bond acceptors (Lipinski definition) is 3. The number of carbonyl (C=O) groups excluding carboxylic acids is 1. The van der Waals surface area contributed by atoms with E-state index in [1.165, 1.54) is 0 Å². The quantitative estimate of drug-likeness (QED) is 0.416. The lowest BCUT2D eigenvalue weighted by atomic mass is 10.1. The molecule has 1 amide bonds. The van der Waals surface area contributed by atoms with E-state index >= 15 is 0 Å². The Balaban J connectivity index is 1.54. The Morgan fingerprint density at radius 1 is 0.750 bits per heavy atom. The molecule has 0 saturated heterocycles. The molecule has 0 fully saturated rings. The van der Waals surface area contributed by atoms with Crippen LogP contribution in [0.5, 0.6) is 0 Å². The zero-order chi connectivity index (χ0) is 18.9. The molecule has 5 rings (SSSR count). The normalized spacial score (nSPS) is 14.5. The van der Waals surface area contributed by atoms with E-state index in [2.05, 4.69) is 12.1 Å². The van der Waals surface area contributed by atoms with E-state index in [4.69, 9.17) is 4.99 Å². The first-order valence-corrected chi connectivity index (χ1v) is 9.96. The van der Waals surface area contributed by atoms with Gasteiger partial charge in [0.2, 0.25) is 0 Å². The number of nitrogens with zero attached hydrogens (tertiary/aromatic N) is 2. The summed E-state index contributed by atoms with van der Waals surface area (Å²) in [5.74, 6) is -0.0910. The molecule has 0 saturated carbocycles. The fraction of sp³-hybridized carbons (Fsp3) is 0. The maximum absolute atomic E-state index is 13.2. The summed E-state index contributed by atoms with van der Waals surface area (Å²) in [5, 5.41) is 3.95. The van der Waals surface area contributed by atoms with Crippen LogP contribution in [0, 0.1) is 0 Å². The SMILES string of the molecule is O=C1/C(=N\c2ccc(-c3ccccc3)cc2)c2ccccc2N1c1ccsc1. The van der Waals surface area contributed by atoms with Crippen LogP contribution in [0.4, 0.5) is 17.1 Å². The van der Waals surface area contributed by atoms with Gasteiger partial charge in [-0.25, -0.2) is 4.99 Å². The smallest absolute Gasteiger partial charge is 0.274 e. The minimum Gasteiger partial charge on any atom is -0.274 e. The predicted molar refractivity (Wildman–Crippen MR) is 116 cm³/mol. The molecule has 1 aromatic heterocycles. The lowest BCUT2D eigenvalue weighted by Crippen LogP contribution is -2.24. The van der Waals surface area contributed by atoms with Crippen molar-refractivity contribution in [3.8, 4) is 11.1 Å². The Morgan fingerprint density at radius 3 is 2.21 bits per heavy atom. The van der Waals surface area contributed by atoms with Crippen molar-refractivity contribution in [1.82, 2.24) is 0 Å². The van der Waals surface area contributed by atoms with E-state index in [1.807, 2.05) is 83.6 Å². The molecule has 0 atom stereocenters. The van der Waals surface area contributed by atoms with Gasteiger partial charge >= 0.3 is 0 Å². The van der Waals surface area contributed by atoms with Gasteiger partial charge in [-0.3, -0.25) is 9.69 Å². The first-order chi connectivity index (χ1) is 13.8. The van der Waals surface area contributed by atoms with Gasteiger partial charge in [0.1, 0.15) is 5.71 Å². The molecule has 1 aliphatic rings. The monoisotopic (exact) mass is 380 g/mol. The van der Waals surface area contributed by atoms with Crippen molar-refractivity contribution in [2.24, 2.45) is 4.99 Å². The highest BCUT2D eigenvalue weighted by Crippen LogP contribution is 2.37. The number of amides is 1. The van der Waals surface area contributed by atoms with Gasteiger partial charge in [0.05, 0.1) is 17.1 Å². The molecule has 4 heteroatoms. The Morgan fingerprint density at radius 2 is 1.46 bits per heavy atom. The van der Waals surface area contributed by atoms with Gasteiger partial charge < -0.3 is 0 Å². The highest BCUT2D eigenvalue weighted by atomic mass is 32.1. The topological polar surface area (TPSA) is 32.7 Å². The molecule has 0 bridgehead atoms. The first-order valence-electron chi connectivity index (χ1n) is 9.01. The minimum atomic E-state index is -0.0910. The van der Waals surface area contributed by atoms with Crippen molar-refractivity contribution < 1.29 is 4.79 Å². The van der Waals surface area contributed by atoms with E-state index < -0.39 is 0 Å². The third kappa shape index (κ3) is 2.84. The minimum absolute atomic E-state index is 0.0910. The van der Waals surface area contributed by atoms with Crippen molar-refractivity contribution in [3.63, 3.8) is 0 Å². The van der Waals surface area contributed by atoms with Crippen molar-refractivity contribution in [2.45, 2.75) is 0 Å². The molecule has 0 unspecified atom stereocenters. The largest absolute Gasteiger partial charge is 0.282 e. The molecule has 4 aromatic rings. The summed E-state index contributed by atoms with van der Waals surface area (Å²) >= 11 is 1.57. The van der Waals surface area contributed by atoms with Gasteiger partial charge in [-0.15, -0.1) is 0 Å². The van der Waals surface area contributed by atoms with E-state index in [0.717, 1.165) is 33.8 Å². The Kier molecular flexibility index (Phi) is 4.11. The number of carbonyl (C=O) groups is 1. The maximum Gasteiger partial charge on any atom is 0.282 e. The van der Waals surface area contributed by atoms with E-state index in [1.54, 1.807) is 16.2 Å². The third-order valence-corrected chi connectivity index (χ3v) is 5.46. The van der Waals surface area contributed by atoms with E-state index in [0.29, 0.717) is 5.71 Å². The van der Waals surface area contributed by atoms with Gasteiger partial charge in [0, 0.05) is 10.9 Å². The zero-order valence-electron chi connectivity index (χ0n) is 14.9. The predicted octanol–water partition coefficient (Wildman–Crippen LogP) is 6.21. The number of para-hydroxylation sites is 1. The molecule has 28 heavy (non-hydrogen) atoms. The second kappa shape index (κ2) is 6.91. The summed E-state index contributed by atoms with van der Waals surface area (Å²) in [7, 11) is 0. The average molecular weight is 380 g/mol. The standard InChI is InChI=1S/C24H16N2OS/c27-24-23(21-8-4-5-9-22(21)26(24)20-14-15-28-16-20)25-19-12-10-18(11-13-19)17-6-2-1-3-7-17/h1-16H/b25-23-. The van der Waals surface area contributed by atoms with Gasteiger partial charge in [-0.05, 0) is 40.8 Å². The molecular weight excluding hydrogens is 364 g/mol. The Labute approximate surface area is 167 Å². The second-order valence-electron chi connectivity index (χ2n) is 6.51. The van der Waals surface area contributed by atoms with Crippen LogP contribution in [-0.4, -0.2) is 11.6 Å². The first kappa shape index (κ1) is 16.7. The summed E-state index contributed by atoms with van der Waals surface area (Å²) in [6.07, 6.45) is 0. The number of anilines is 2. The lowest BCUT2D eigenvalue weighted by molar-refractivity contribution is -0.111. The van der Waals surface area contributed by atoms with E-state index in [9.17, 15) is 4.79 Å². The van der Waals surface area contributed by atoms with Crippen LogP contribution in [0.3, 0.4) is 0 Å². The summed E-state index contributed by atoms with van der Waals surface area (Å²) in [5.41, 5.74) is 6.16. The number of aliphatic imine (C=N–C) groups is 1. The maximum atomic E-state index is 13.2. The van der Waals surface area contributed by atoms with Crippen LogP contribution in [0.15, 0.2) is 101 Å². The van der Waals surface area contributed by atoms with Crippen LogP contribution >= 0.6 is 11.3 Å². The van der Waals surface area contributed by atoms with Crippen LogP contribution < -0.4 is 4.90 Å². The van der Waals surface area contributed by atoms with Crippen molar-refractivity contribution in [1.29, 1.82) is 0 Å². The van der Waals surface area contributed by atoms with Crippen LogP contribution in [-0.2, 0) is 4.79 Å². The molecule has 0 N–H and O–H groups in total. The summed E-state index contributed by atoms with van der Waals surface area (Å²) in [4.78, 5) is 19.6. The Bertz CT molecular complexity index is 1160. The van der Waals surface area contributed by atoms with Gasteiger partial charge in [-0.2, -0.15) is 11.3 Å². The fourth-order valence-electron chi connectivity index (χ4n) is 3.44. The molecule has 0 aliphatic carbocycles. The van der Waals surface area contributed by atoms with Crippen LogP contribution in [0.2, 0.25) is 0 Å². The fourth-order valence-corrected chi connectivity index (χ4v) is 4.06. The van der Waals surface area contributed by atoms with Crippen molar-refractivity contribution in [3.05, 3.63) is 101 Å². The molecule has 3 nitrogen and oxygen atoms in total. The highest BCUT2D eigenvalue weighted by molar-refractivity contribution is 7.08. The van der Waals surface area contributed by atoms with Crippen molar-refractivity contribution in [2.75, 3.05) is 4.90 Å². The highest BCUT2D eigenvalue weighted by Gasteiger charge is 2.34. The molecule has 0 spiro atoms. The molecule has 134 valence electrons. The van der Waals surface area contributed by atoms with Crippen molar-refractivity contribution >= 4 is 40.0 Å². The average Bonchev–Trinajstić information content (AvgIpc) is 3.36. The lowest BCUT2D eigenvalue weighted by Gasteiger charge is -2.14. The number of thiophene rings is 1. The van der Waals surface area contributed by atoms with E-state index in [-0.39, 0.29) is 5.91 Å². The number of fused-ring (bicyclic) bond motifs is 1. The summed E-state index contributed by atoms with van der Waals surface area (Å²) < 4.78 is 0.